The van der Waals surface area contributed by atoms with Crippen LogP contribution in [-0.4, -0.2) is 29.3 Å². The molecule has 1 amide bonds. The van der Waals surface area contributed by atoms with Crippen LogP contribution in [0.25, 0.3) is 11.0 Å². The molecule has 128 valence electrons. The van der Waals surface area contributed by atoms with Gasteiger partial charge in [0.2, 0.25) is 12.7 Å². The first kappa shape index (κ1) is 15.5. The second kappa shape index (κ2) is 6.47. The van der Waals surface area contributed by atoms with Crippen LogP contribution in [-0.2, 0) is 17.8 Å². The molecular formula is C19H18N2O4. The molecule has 2 heterocycles. The minimum Gasteiger partial charge on any atom is -0.454 e. The van der Waals surface area contributed by atoms with E-state index in [0.717, 1.165) is 22.4 Å². The van der Waals surface area contributed by atoms with Crippen molar-refractivity contribution >= 4 is 16.9 Å². The molecule has 3 aromatic rings. The predicted molar refractivity (Wildman–Crippen MR) is 91.4 cm³/mol. The third-order valence-electron chi connectivity index (χ3n) is 4.32. The third-order valence-corrected chi connectivity index (χ3v) is 4.32. The van der Waals surface area contributed by atoms with Crippen molar-refractivity contribution in [3.05, 3.63) is 53.7 Å². The highest BCUT2D eigenvalue weighted by atomic mass is 16.7. The summed E-state index contributed by atoms with van der Waals surface area (Å²) in [6.45, 7) is 3.34. The summed E-state index contributed by atoms with van der Waals surface area (Å²) in [4.78, 5) is 14.5. The topological polar surface area (TPSA) is 64.8 Å². The lowest BCUT2D eigenvalue weighted by molar-refractivity contribution is -0.130. The van der Waals surface area contributed by atoms with Gasteiger partial charge in [-0.3, -0.25) is 4.79 Å². The van der Waals surface area contributed by atoms with Gasteiger partial charge in [-0.1, -0.05) is 23.4 Å². The first-order valence-corrected chi connectivity index (χ1v) is 8.24. The van der Waals surface area contributed by atoms with Crippen LogP contribution in [0.2, 0.25) is 0 Å². The van der Waals surface area contributed by atoms with Crippen LogP contribution >= 0.6 is 0 Å². The number of carbonyl (C=O) groups is 1. The standard InChI is InChI=1S/C19H18N2O4/c1-2-21(11-13-7-8-17-18(9-13)24-12-23-17)19(22)10-15-14-5-3-4-6-16(14)25-20-15/h3-9H,2,10-12H2,1H3. The monoisotopic (exact) mass is 338 g/mol. The van der Waals surface area contributed by atoms with Gasteiger partial charge in [0.15, 0.2) is 17.1 Å². The summed E-state index contributed by atoms with van der Waals surface area (Å²) in [6.07, 6.45) is 0.218. The molecule has 0 fully saturated rings. The summed E-state index contributed by atoms with van der Waals surface area (Å²) in [5, 5.41) is 4.93. The van der Waals surface area contributed by atoms with Gasteiger partial charge in [-0.05, 0) is 36.8 Å². The van der Waals surface area contributed by atoms with Crippen LogP contribution in [0.1, 0.15) is 18.2 Å². The van der Waals surface area contributed by atoms with E-state index >= 15 is 0 Å². The Morgan fingerprint density at radius 1 is 1.16 bits per heavy atom. The number of benzene rings is 2. The van der Waals surface area contributed by atoms with Gasteiger partial charge in [-0.15, -0.1) is 0 Å². The average molecular weight is 338 g/mol. The van der Waals surface area contributed by atoms with E-state index in [-0.39, 0.29) is 19.1 Å². The summed E-state index contributed by atoms with van der Waals surface area (Å²) >= 11 is 0. The summed E-state index contributed by atoms with van der Waals surface area (Å²) in [5.74, 6) is 1.48. The lowest BCUT2D eigenvalue weighted by Crippen LogP contribution is -2.31. The Balaban J connectivity index is 1.49. The molecule has 1 aliphatic heterocycles. The van der Waals surface area contributed by atoms with Gasteiger partial charge in [-0.25, -0.2) is 0 Å². The van der Waals surface area contributed by atoms with Crippen molar-refractivity contribution in [3.8, 4) is 11.5 Å². The first-order chi connectivity index (χ1) is 12.2. The smallest absolute Gasteiger partial charge is 0.231 e. The summed E-state index contributed by atoms with van der Waals surface area (Å²) in [7, 11) is 0. The Morgan fingerprint density at radius 2 is 2.00 bits per heavy atom. The van der Waals surface area contributed by atoms with Crippen LogP contribution in [0, 0.1) is 0 Å². The fraction of sp³-hybridized carbons (Fsp3) is 0.263. The second-order valence-corrected chi connectivity index (χ2v) is 5.90. The first-order valence-electron chi connectivity index (χ1n) is 8.24. The maximum absolute atomic E-state index is 12.7. The highest BCUT2D eigenvalue weighted by Crippen LogP contribution is 2.32. The quantitative estimate of drug-likeness (QED) is 0.715. The molecule has 1 aliphatic rings. The van der Waals surface area contributed by atoms with Crippen molar-refractivity contribution in [3.63, 3.8) is 0 Å². The number of nitrogens with zero attached hydrogens (tertiary/aromatic N) is 2. The van der Waals surface area contributed by atoms with Crippen molar-refractivity contribution in [2.24, 2.45) is 0 Å². The number of fused-ring (bicyclic) bond motifs is 2. The Morgan fingerprint density at radius 3 is 2.88 bits per heavy atom. The van der Waals surface area contributed by atoms with E-state index in [1.165, 1.54) is 0 Å². The van der Waals surface area contributed by atoms with E-state index in [2.05, 4.69) is 5.16 Å². The molecule has 0 saturated heterocycles. The molecule has 1 aromatic heterocycles. The number of aromatic nitrogens is 1. The Labute approximate surface area is 144 Å². The number of ether oxygens (including phenoxy) is 2. The van der Waals surface area contributed by atoms with Crippen LogP contribution in [0.5, 0.6) is 11.5 Å². The van der Waals surface area contributed by atoms with Crippen molar-refractivity contribution < 1.29 is 18.8 Å². The molecular weight excluding hydrogens is 320 g/mol. The number of para-hydroxylation sites is 1. The molecule has 0 bridgehead atoms. The molecule has 25 heavy (non-hydrogen) atoms. The zero-order valence-corrected chi connectivity index (χ0v) is 13.9. The highest BCUT2D eigenvalue weighted by Gasteiger charge is 2.19. The number of hydrogen-bond acceptors (Lipinski definition) is 5. The molecule has 0 unspecified atom stereocenters. The molecule has 0 N–H and O–H groups in total. The molecule has 4 rings (SSSR count). The molecule has 0 spiro atoms. The van der Waals surface area contributed by atoms with E-state index in [1.54, 1.807) is 4.90 Å². The van der Waals surface area contributed by atoms with Gasteiger partial charge >= 0.3 is 0 Å². The zero-order valence-electron chi connectivity index (χ0n) is 13.9. The lowest BCUT2D eigenvalue weighted by atomic mass is 10.1. The minimum atomic E-state index is 0.0132. The Bertz CT molecular complexity index is 919. The van der Waals surface area contributed by atoms with Gasteiger partial charge in [-0.2, -0.15) is 0 Å². The van der Waals surface area contributed by atoms with Crippen molar-refractivity contribution in [1.82, 2.24) is 10.1 Å². The summed E-state index contributed by atoms with van der Waals surface area (Å²) in [5.41, 5.74) is 2.37. The fourth-order valence-electron chi connectivity index (χ4n) is 2.96. The van der Waals surface area contributed by atoms with E-state index < -0.39 is 0 Å². The van der Waals surface area contributed by atoms with E-state index in [1.807, 2.05) is 49.4 Å². The van der Waals surface area contributed by atoms with Crippen molar-refractivity contribution in [1.29, 1.82) is 0 Å². The van der Waals surface area contributed by atoms with E-state index in [4.69, 9.17) is 14.0 Å². The van der Waals surface area contributed by atoms with E-state index in [9.17, 15) is 4.79 Å². The molecule has 6 nitrogen and oxygen atoms in total. The van der Waals surface area contributed by atoms with Crippen LogP contribution in [0.3, 0.4) is 0 Å². The predicted octanol–water partition coefficient (Wildman–Crippen LogP) is 3.15. The average Bonchev–Trinajstić information content (AvgIpc) is 3.26. The van der Waals surface area contributed by atoms with Crippen LogP contribution < -0.4 is 9.47 Å². The summed E-state index contributed by atoms with van der Waals surface area (Å²) < 4.78 is 16.0. The van der Waals surface area contributed by atoms with Gasteiger partial charge in [0, 0.05) is 18.5 Å². The molecule has 0 aliphatic carbocycles. The lowest BCUT2D eigenvalue weighted by Gasteiger charge is -2.20. The maximum atomic E-state index is 12.7. The zero-order chi connectivity index (χ0) is 17.2. The van der Waals surface area contributed by atoms with Gasteiger partial charge < -0.3 is 18.9 Å². The Hall–Kier alpha value is -3.02. The highest BCUT2D eigenvalue weighted by molar-refractivity contribution is 5.86. The van der Waals surface area contributed by atoms with E-state index in [0.29, 0.717) is 24.4 Å². The number of likely N-dealkylation sites (N-methyl/N-ethyl adjacent to an activating group) is 1. The van der Waals surface area contributed by atoms with Gasteiger partial charge in [0.1, 0.15) is 5.69 Å². The largest absolute Gasteiger partial charge is 0.454 e. The van der Waals surface area contributed by atoms with Gasteiger partial charge in [0.25, 0.3) is 0 Å². The molecule has 0 radical (unpaired) electrons. The Kier molecular flexibility index (Phi) is 4.01. The molecule has 0 saturated carbocycles. The normalized spacial score (nSPS) is 12.5. The minimum absolute atomic E-state index is 0.0132. The molecule has 2 aromatic carbocycles. The number of carbonyl (C=O) groups excluding carboxylic acids is 1. The van der Waals surface area contributed by atoms with Crippen LogP contribution in [0.4, 0.5) is 0 Å². The number of hydrogen-bond donors (Lipinski definition) is 0. The van der Waals surface area contributed by atoms with Crippen molar-refractivity contribution in [2.75, 3.05) is 13.3 Å². The number of rotatable bonds is 5. The SMILES string of the molecule is CCN(Cc1ccc2c(c1)OCO2)C(=O)Cc1noc2ccccc12. The second-order valence-electron chi connectivity index (χ2n) is 5.90. The molecule has 6 heteroatoms. The van der Waals surface area contributed by atoms with Gasteiger partial charge in [0.05, 0.1) is 6.42 Å². The summed E-state index contributed by atoms with van der Waals surface area (Å²) in [6, 6.07) is 13.3. The molecule has 0 atom stereocenters. The third kappa shape index (κ3) is 3.03. The maximum Gasteiger partial charge on any atom is 0.231 e. The fourth-order valence-corrected chi connectivity index (χ4v) is 2.96. The number of amides is 1. The van der Waals surface area contributed by atoms with Crippen LogP contribution in [0.15, 0.2) is 47.0 Å². The van der Waals surface area contributed by atoms with Crippen molar-refractivity contribution in [2.45, 2.75) is 19.9 Å².